The van der Waals surface area contributed by atoms with Gasteiger partial charge in [-0.1, -0.05) is 24.3 Å². The van der Waals surface area contributed by atoms with E-state index in [2.05, 4.69) is 14.9 Å². The molecule has 3 rings (SSSR count). The van der Waals surface area contributed by atoms with Crippen LogP contribution in [0.1, 0.15) is 11.1 Å². The van der Waals surface area contributed by atoms with Crippen molar-refractivity contribution in [1.82, 2.24) is 19.8 Å². The molecule has 0 radical (unpaired) electrons. The Bertz CT molecular complexity index is 717. The summed E-state index contributed by atoms with van der Waals surface area (Å²) < 4.78 is 0. The molecule has 24 heavy (non-hydrogen) atoms. The monoisotopic (exact) mass is 326 g/mol. The molecule has 1 aliphatic heterocycles. The smallest absolute Gasteiger partial charge is 0.322 e. The first-order valence-electron chi connectivity index (χ1n) is 8.07. The molecule has 1 aromatic carbocycles. The van der Waals surface area contributed by atoms with Gasteiger partial charge in [-0.25, -0.2) is 9.97 Å². The predicted molar refractivity (Wildman–Crippen MR) is 91.5 cm³/mol. The van der Waals surface area contributed by atoms with Crippen LogP contribution in [0, 0.1) is 6.92 Å². The minimum atomic E-state index is -0.770. The molecule has 126 valence electrons. The molecule has 2 heterocycles. The van der Waals surface area contributed by atoms with E-state index in [9.17, 15) is 9.90 Å². The normalized spacial score (nSPS) is 19.3. The average Bonchev–Trinajstić information content (AvgIpc) is 2.58. The maximum absolute atomic E-state index is 11.3. The van der Waals surface area contributed by atoms with Crippen LogP contribution in [-0.2, 0) is 11.3 Å². The lowest BCUT2D eigenvalue weighted by molar-refractivity contribution is -0.145. The molecule has 6 nitrogen and oxygen atoms in total. The number of carboxylic acid groups (broad SMARTS) is 1. The van der Waals surface area contributed by atoms with Crippen LogP contribution in [-0.4, -0.2) is 63.6 Å². The van der Waals surface area contributed by atoms with Gasteiger partial charge >= 0.3 is 5.97 Å². The number of hydrogen-bond acceptors (Lipinski definition) is 5. The Hall–Kier alpha value is -2.31. The quantitative estimate of drug-likeness (QED) is 0.921. The van der Waals surface area contributed by atoms with Gasteiger partial charge in [0.15, 0.2) is 5.82 Å². The zero-order chi connectivity index (χ0) is 17.1. The van der Waals surface area contributed by atoms with Crippen molar-refractivity contribution in [3.8, 4) is 11.4 Å². The summed E-state index contributed by atoms with van der Waals surface area (Å²) in [6.07, 6.45) is 3.67. The van der Waals surface area contributed by atoms with Crippen molar-refractivity contribution in [3.05, 3.63) is 47.8 Å². The molecule has 1 aromatic heterocycles. The lowest BCUT2D eigenvalue weighted by atomic mass is 10.1. The lowest BCUT2D eigenvalue weighted by Crippen LogP contribution is -2.54. The van der Waals surface area contributed by atoms with Gasteiger partial charge in [0.1, 0.15) is 6.04 Å². The van der Waals surface area contributed by atoms with Crippen LogP contribution in [0.2, 0.25) is 0 Å². The second kappa shape index (κ2) is 7.07. The van der Waals surface area contributed by atoms with Crippen molar-refractivity contribution < 1.29 is 9.90 Å². The lowest BCUT2D eigenvalue weighted by Gasteiger charge is -2.37. The Morgan fingerprint density at radius 2 is 1.96 bits per heavy atom. The molecule has 0 unspecified atom stereocenters. The highest BCUT2D eigenvalue weighted by molar-refractivity contribution is 5.73. The molecule has 0 amide bonds. The number of likely N-dealkylation sites (N-methyl/N-ethyl adjacent to an activating group) is 1. The molecule has 1 atom stereocenters. The van der Waals surface area contributed by atoms with Gasteiger partial charge in [0.2, 0.25) is 0 Å². The minimum Gasteiger partial charge on any atom is -0.480 e. The van der Waals surface area contributed by atoms with Gasteiger partial charge < -0.3 is 5.11 Å². The van der Waals surface area contributed by atoms with Crippen LogP contribution in [0.5, 0.6) is 0 Å². The first-order valence-corrected chi connectivity index (χ1v) is 8.07. The number of benzene rings is 1. The zero-order valence-corrected chi connectivity index (χ0v) is 14.0. The number of nitrogens with zero attached hydrogens (tertiary/aromatic N) is 4. The summed E-state index contributed by atoms with van der Waals surface area (Å²) in [5.41, 5.74) is 3.18. The van der Waals surface area contributed by atoms with Crippen molar-refractivity contribution in [2.24, 2.45) is 0 Å². The van der Waals surface area contributed by atoms with Crippen LogP contribution >= 0.6 is 0 Å². The Balaban J connectivity index is 1.69. The van der Waals surface area contributed by atoms with Gasteiger partial charge in [-0.05, 0) is 19.5 Å². The Morgan fingerprint density at radius 1 is 1.25 bits per heavy atom. The number of rotatable bonds is 4. The number of aryl methyl sites for hydroxylation is 1. The van der Waals surface area contributed by atoms with Gasteiger partial charge in [-0.15, -0.1) is 0 Å². The molecule has 1 fully saturated rings. The van der Waals surface area contributed by atoms with Crippen LogP contribution in [0.15, 0.2) is 36.7 Å². The second-order valence-electron chi connectivity index (χ2n) is 6.30. The Labute approximate surface area is 141 Å². The topological polar surface area (TPSA) is 69.6 Å². The fourth-order valence-electron chi connectivity index (χ4n) is 3.00. The van der Waals surface area contributed by atoms with Crippen LogP contribution in [0.3, 0.4) is 0 Å². The molecule has 1 saturated heterocycles. The van der Waals surface area contributed by atoms with Crippen LogP contribution in [0.4, 0.5) is 0 Å². The highest BCUT2D eigenvalue weighted by Gasteiger charge is 2.29. The third-order valence-corrected chi connectivity index (χ3v) is 4.51. The fourth-order valence-corrected chi connectivity index (χ4v) is 3.00. The number of piperazine rings is 1. The first-order chi connectivity index (χ1) is 11.5. The maximum Gasteiger partial charge on any atom is 0.322 e. The van der Waals surface area contributed by atoms with E-state index in [0.29, 0.717) is 13.1 Å². The second-order valence-corrected chi connectivity index (χ2v) is 6.30. The van der Waals surface area contributed by atoms with Gasteiger partial charge in [-0.2, -0.15) is 0 Å². The minimum absolute atomic E-state index is 0.453. The molecule has 0 spiro atoms. The summed E-state index contributed by atoms with van der Waals surface area (Å²) in [6, 6.07) is 7.59. The molecule has 0 bridgehead atoms. The SMILES string of the molecule is Cc1ccccc1-c1ncc(CN2CCN(C)[C@@H](C(=O)O)C2)cn1. The van der Waals surface area contributed by atoms with Gasteiger partial charge in [0.25, 0.3) is 0 Å². The van der Waals surface area contributed by atoms with E-state index in [4.69, 9.17) is 0 Å². The highest BCUT2D eigenvalue weighted by Crippen LogP contribution is 2.19. The van der Waals surface area contributed by atoms with Crippen molar-refractivity contribution in [2.75, 3.05) is 26.7 Å². The van der Waals surface area contributed by atoms with Crippen LogP contribution < -0.4 is 0 Å². The van der Waals surface area contributed by atoms with Crippen LogP contribution in [0.25, 0.3) is 11.4 Å². The van der Waals surface area contributed by atoms with E-state index in [1.165, 1.54) is 0 Å². The molecule has 0 saturated carbocycles. The number of aliphatic carboxylic acids is 1. The highest BCUT2D eigenvalue weighted by atomic mass is 16.4. The van der Waals surface area contributed by atoms with Gasteiger partial charge in [0.05, 0.1) is 0 Å². The molecular weight excluding hydrogens is 304 g/mol. The maximum atomic E-state index is 11.3. The summed E-state index contributed by atoms with van der Waals surface area (Å²) >= 11 is 0. The van der Waals surface area contributed by atoms with Crippen molar-refractivity contribution in [2.45, 2.75) is 19.5 Å². The molecule has 1 aliphatic rings. The molecule has 0 aliphatic carbocycles. The average molecular weight is 326 g/mol. The van der Waals surface area contributed by atoms with E-state index < -0.39 is 12.0 Å². The third kappa shape index (κ3) is 3.60. The summed E-state index contributed by atoms with van der Waals surface area (Å²) in [4.78, 5) is 24.3. The molecule has 2 aromatic rings. The van der Waals surface area contributed by atoms with E-state index in [-0.39, 0.29) is 0 Å². The van der Waals surface area contributed by atoms with Gasteiger partial charge in [-0.3, -0.25) is 14.6 Å². The standard InChI is InChI=1S/C18H22N4O2/c1-13-5-3-4-6-15(13)17-19-9-14(10-20-17)11-22-8-7-21(2)16(12-22)18(23)24/h3-6,9-10,16H,7-8,11-12H2,1-2H3,(H,23,24)/t16-/m1/s1. The summed E-state index contributed by atoms with van der Waals surface area (Å²) in [5, 5.41) is 9.29. The largest absolute Gasteiger partial charge is 0.480 e. The van der Waals surface area contributed by atoms with Crippen molar-refractivity contribution in [3.63, 3.8) is 0 Å². The molecule has 6 heteroatoms. The van der Waals surface area contributed by atoms with Gasteiger partial charge in [0, 0.05) is 49.7 Å². The predicted octanol–water partition coefficient (Wildman–Crippen LogP) is 1.65. The van der Waals surface area contributed by atoms with Crippen molar-refractivity contribution in [1.29, 1.82) is 0 Å². The van der Waals surface area contributed by atoms with E-state index in [1.54, 1.807) is 0 Å². The molecule has 1 N–H and O–H groups in total. The first kappa shape index (κ1) is 16.5. The van der Waals surface area contributed by atoms with E-state index in [1.807, 2.05) is 55.5 Å². The summed E-state index contributed by atoms with van der Waals surface area (Å²) in [5.74, 6) is -0.0491. The third-order valence-electron chi connectivity index (χ3n) is 4.51. The summed E-state index contributed by atoms with van der Waals surface area (Å²) in [7, 11) is 1.86. The zero-order valence-electron chi connectivity index (χ0n) is 14.0. The number of carboxylic acids is 1. The fraction of sp³-hybridized carbons (Fsp3) is 0.389. The van der Waals surface area contributed by atoms with E-state index >= 15 is 0 Å². The van der Waals surface area contributed by atoms with E-state index in [0.717, 1.165) is 35.6 Å². The Morgan fingerprint density at radius 3 is 2.62 bits per heavy atom. The van der Waals surface area contributed by atoms with Crippen molar-refractivity contribution >= 4 is 5.97 Å². The summed E-state index contributed by atoms with van der Waals surface area (Å²) in [6.45, 7) is 4.83. The number of aromatic nitrogens is 2. The number of hydrogen-bond donors (Lipinski definition) is 1. The Kier molecular flexibility index (Phi) is 4.87. The number of carbonyl (C=O) groups is 1. The molecular formula is C18H22N4O2.